The number of aryl methyl sites for hydroxylation is 3. The number of benzene rings is 1. The van der Waals surface area contributed by atoms with E-state index in [0.717, 1.165) is 28.1 Å². The number of aromatic nitrogens is 1. The normalized spacial score (nSPS) is 28.5. The number of ketones is 1. The molecule has 156 valence electrons. The Morgan fingerprint density at radius 3 is 2.53 bits per heavy atom. The maximum absolute atomic E-state index is 13.6. The van der Waals surface area contributed by atoms with Crippen LogP contribution in [0.25, 0.3) is 0 Å². The lowest BCUT2D eigenvalue weighted by Gasteiger charge is -2.37. The number of thiazole rings is 1. The summed E-state index contributed by atoms with van der Waals surface area (Å²) in [7, 11) is 0. The molecule has 0 bridgehead atoms. The highest BCUT2D eigenvalue weighted by atomic mass is 35.5. The Labute approximate surface area is 184 Å². The van der Waals surface area contributed by atoms with E-state index in [1.165, 1.54) is 11.3 Å². The first kappa shape index (κ1) is 19.8. The van der Waals surface area contributed by atoms with Gasteiger partial charge < -0.3 is 4.74 Å². The smallest absolute Gasteiger partial charge is 0.296 e. The summed E-state index contributed by atoms with van der Waals surface area (Å²) >= 11 is 7.85. The van der Waals surface area contributed by atoms with Gasteiger partial charge in [-0.25, -0.2) is 4.98 Å². The number of fused-ring (bicyclic) bond motifs is 1. The molecule has 1 aromatic heterocycles. The molecule has 1 aliphatic carbocycles. The van der Waals surface area contributed by atoms with Gasteiger partial charge in [-0.05, 0) is 45.6 Å². The standard InChI is InChI=1S/C23H23ClN2O3S/c1-11-4-6-14(7-5-11)19-18-20(27)16-10-15(24)8-9-17(16)29-21(18)22(28)26(19)23-25-12(2)13(3)30-23/h4-7,15-17,19H,8-10H2,1-3H3. The highest BCUT2D eigenvalue weighted by molar-refractivity contribution is 7.15. The van der Waals surface area contributed by atoms with Crippen LogP contribution in [-0.4, -0.2) is 28.2 Å². The van der Waals surface area contributed by atoms with Gasteiger partial charge in [-0.3, -0.25) is 14.5 Å². The molecule has 2 aromatic rings. The number of carbonyl (C=O) groups is 2. The van der Waals surface area contributed by atoms with E-state index < -0.39 is 6.04 Å². The van der Waals surface area contributed by atoms with Crippen LogP contribution in [0.3, 0.4) is 0 Å². The lowest BCUT2D eigenvalue weighted by Crippen LogP contribution is -2.41. The number of alkyl halides is 1. The van der Waals surface area contributed by atoms with Crippen molar-refractivity contribution in [2.75, 3.05) is 4.90 Å². The molecule has 7 heteroatoms. The van der Waals surface area contributed by atoms with Crippen molar-refractivity contribution in [3.8, 4) is 0 Å². The largest absolute Gasteiger partial charge is 0.483 e. The molecule has 1 saturated carbocycles. The first-order valence-corrected chi connectivity index (χ1v) is 11.5. The van der Waals surface area contributed by atoms with Crippen molar-refractivity contribution in [3.05, 3.63) is 57.3 Å². The van der Waals surface area contributed by atoms with E-state index in [1.807, 2.05) is 45.0 Å². The third kappa shape index (κ3) is 3.00. The molecule has 0 radical (unpaired) electrons. The van der Waals surface area contributed by atoms with Gasteiger partial charge in [0.15, 0.2) is 16.7 Å². The monoisotopic (exact) mass is 442 g/mol. The molecule has 1 amide bonds. The van der Waals surface area contributed by atoms with E-state index >= 15 is 0 Å². The minimum absolute atomic E-state index is 0.00183. The Morgan fingerprint density at radius 1 is 1.13 bits per heavy atom. The molecule has 5 rings (SSSR count). The molecule has 1 fully saturated rings. The molecule has 4 atom stereocenters. The maximum Gasteiger partial charge on any atom is 0.296 e. The van der Waals surface area contributed by atoms with Crippen molar-refractivity contribution in [2.45, 2.75) is 57.6 Å². The maximum atomic E-state index is 13.6. The summed E-state index contributed by atoms with van der Waals surface area (Å²) in [6.45, 7) is 5.94. The first-order chi connectivity index (χ1) is 14.3. The average molecular weight is 443 g/mol. The molecule has 30 heavy (non-hydrogen) atoms. The van der Waals surface area contributed by atoms with Crippen molar-refractivity contribution >= 4 is 39.8 Å². The van der Waals surface area contributed by atoms with Gasteiger partial charge in [0.25, 0.3) is 5.91 Å². The summed E-state index contributed by atoms with van der Waals surface area (Å²) in [6.07, 6.45) is 1.81. The molecule has 2 aliphatic heterocycles. The van der Waals surface area contributed by atoms with E-state index in [9.17, 15) is 9.59 Å². The summed E-state index contributed by atoms with van der Waals surface area (Å²) in [5.74, 6) is -0.368. The minimum atomic E-state index is -0.526. The Hall–Kier alpha value is -2.18. The van der Waals surface area contributed by atoms with Crippen molar-refractivity contribution < 1.29 is 14.3 Å². The highest BCUT2D eigenvalue weighted by Crippen LogP contribution is 2.49. The minimum Gasteiger partial charge on any atom is -0.483 e. The molecule has 3 heterocycles. The van der Waals surface area contributed by atoms with Crippen LogP contribution >= 0.6 is 22.9 Å². The number of anilines is 1. The molecule has 3 aliphatic rings. The van der Waals surface area contributed by atoms with Gasteiger partial charge >= 0.3 is 0 Å². The van der Waals surface area contributed by atoms with Crippen LogP contribution in [0.1, 0.15) is 47.0 Å². The van der Waals surface area contributed by atoms with Crippen molar-refractivity contribution in [1.82, 2.24) is 4.98 Å². The Kier molecular flexibility index (Phi) is 4.75. The number of Topliss-reactive ketones (excluding diaryl/α,β-unsaturated/α-hetero) is 1. The predicted molar refractivity (Wildman–Crippen MR) is 117 cm³/mol. The van der Waals surface area contributed by atoms with Crippen molar-refractivity contribution in [2.24, 2.45) is 5.92 Å². The van der Waals surface area contributed by atoms with Gasteiger partial charge in [-0.15, -0.1) is 22.9 Å². The highest BCUT2D eigenvalue weighted by Gasteiger charge is 2.53. The van der Waals surface area contributed by atoms with Gasteiger partial charge in [0.2, 0.25) is 0 Å². The van der Waals surface area contributed by atoms with Crippen LogP contribution in [0.5, 0.6) is 0 Å². The molecule has 0 N–H and O–H groups in total. The van der Waals surface area contributed by atoms with E-state index in [2.05, 4.69) is 4.98 Å². The zero-order valence-electron chi connectivity index (χ0n) is 17.1. The number of carbonyl (C=O) groups excluding carboxylic acids is 2. The van der Waals surface area contributed by atoms with Crippen LogP contribution in [0, 0.1) is 26.7 Å². The van der Waals surface area contributed by atoms with Crippen LogP contribution in [0.15, 0.2) is 35.6 Å². The Bertz CT molecular complexity index is 1060. The molecular formula is C23H23ClN2O3S. The fourth-order valence-electron chi connectivity index (χ4n) is 4.64. The van der Waals surface area contributed by atoms with E-state index in [-0.39, 0.29) is 34.8 Å². The number of nitrogens with zero attached hydrogens (tertiary/aromatic N) is 2. The third-order valence-electron chi connectivity index (χ3n) is 6.40. The van der Waals surface area contributed by atoms with Crippen LogP contribution in [0.2, 0.25) is 0 Å². The second kappa shape index (κ2) is 7.20. The summed E-state index contributed by atoms with van der Waals surface area (Å²) < 4.78 is 6.20. The van der Waals surface area contributed by atoms with E-state index in [4.69, 9.17) is 16.3 Å². The van der Waals surface area contributed by atoms with Crippen molar-refractivity contribution in [1.29, 1.82) is 0 Å². The average Bonchev–Trinajstić information content (AvgIpc) is 3.20. The second-order valence-corrected chi connectivity index (χ2v) is 10.2. The number of rotatable bonds is 2. The zero-order chi connectivity index (χ0) is 21.2. The number of halogens is 1. The summed E-state index contributed by atoms with van der Waals surface area (Å²) in [6, 6.07) is 7.44. The van der Waals surface area contributed by atoms with Crippen LogP contribution in [0.4, 0.5) is 5.13 Å². The number of ether oxygens (including phenoxy) is 1. The van der Waals surface area contributed by atoms with Gasteiger partial charge in [-0.2, -0.15) is 0 Å². The lowest BCUT2D eigenvalue weighted by atomic mass is 9.77. The molecule has 4 unspecified atom stereocenters. The molecule has 0 spiro atoms. The summed E-state index contributed by atoms with van der Waals surface area (Å²) in [5, 5.41) is 0.570. The number of hydrogen-bond acceptors (Lipinski definition) is 5. The van der Waals surface area contributed by atoms with Gasteiger partial charge in [0.1, 0.15) is 6.10 Å². The fraction of sp³-hybridized carbons (Fsp3) is 0.435. The zero-order valence-corrected chi connectivity index (χ0v) is 18.7. The lowest BCUT2D eigenvalue weighted by molar-refractivity contribution is -0.131. The van der Waals surface area contributed by atoms with Crippen LogP contribution < -0.4 is 4.90 Å². The van der Waals surface area contributed by atoms with Gasteiger partial charge in [0.05, 0.1) is 23.2 Å². The Balaban J connectivity index is 1.65. The Morgan fingerprint density at radius 2 is 1.87 bits per heavy atom. The molecule has 5 nitrogen and oxygen atoms in total. The SMILES string of the molecule is Cc1ccc(C2C3=C(OC4CCC(Cl)CC4C3=O)C(=O)N2c2nc(C)c(C)s2)cc1. The summed E-state index contributed by atoms with van der Waals surface area (Å²) in [5.41, 5.74) is 3.36. The second-order valence-electron chi connectivity index (χ2n) is 8.41. The predicted octanol–water partition coefficient (Wildman–Crippen LogP) is 4.79. The number of hydrogen-bond donors (Lipinski definition) is 0. The molecule has 1 aromatic carbocycles. The van der Waals surface area contributed by atoms with Crippen molar-refractivity contribution in [3.63, 3.8) is 0 Å². The van der Waals surface area contributed by atoms with Gasteiger partial charge in [0, 0.05) is 10.3 Å². The molecule has 0 saturated heterocycles. The molecular weight excluding hydrogens is 420 g/mol. The third-order valence-corrected chi connectivity index (χ3v) is 7.87. The van der Waals surface area contributed by atoms with E-state index in [0.29, 0.717) is 23.5 Å². The van der Waals surface area contributed by atoms with E-state index in [1.54, 1.807) is 4.90 Å². The first-order valence-electron chi connectivity index (χ1n) is 10.3. The van der Waals surface area contributed by atoms with Gasteiger partial charge in [-0.1, -0.05) is 29.8 Å². The summed E-state index contributed by atoms with van der Waals surface area (Å²) in [4.78, 5) is 34.5. The fourth-order valence-corrected chi connectivity index (χ4v) is 5.89. The van der Waals surface area contributed by atoms with Crippen LogP contribution in [-0.2, 0) is 14.3 Å². The number of amides is 1. The topological polar surface area (TPSA) is 59.5 Å². The quantitative estimate of drug-likeness (QED) is 0.627.